The maximum atomic E-state index is 5.50. The van der Waals surface area contributed by atoms with Crippen molar-refractivity contribution in [3.8, 4) is 0 Å². The molecule has 0 aliphatic carbocycles. The van der Waals surface area contributed by atoms with Crippen LogP contribution in [0.15, 0.2) is 12.8 Å². The molecule has 0 atom stereocenters. The largest absolute Gasteiger partial charge is 0.381 e. The van der Waals surface area contributed by atoms with Crippen molar-refractivity contribution in [1.82, 2.24) is 9.97 Å². The van der Waals surface area contributed by atoms with Crippen LogP contribution in [0, 0.1) is 0 Å². The van der Waals surface area contributed by atoms with E-state index < -0.39 is 0 Å². The molecule has 0 unspecified atom stereocenters. The van der Waals surface area contributed by atoms with Crippen molar-refractivity contribution in [2.45, 2.75) is 0 Å². The quantitative estimate of drug-likeness (QED) is 0.666. The third-order valence-electron chi connectivity index (χ3n) is 0.980. The molecular weight excluding hydrogens is 150 g/mol. The Labute approximate surface area is 63.6 Å². The highest BCUT2D eigenvalue weighted by molar-refractivity contribution is 6.31. The van der Waals surface area contributed by atoms with Crippen LogP contribution < -0.4 is 5.73 Å². The van der Waals surface area contributed by atoms with Crippen LogP contribution in [0.2, 0.25) is 5.15 Å². The molecule has 1 aromatic rings. The van der Waals surface area contributed by atoms with Gasteiger partial charge in [0, 0.05) is 0 Å². The fraction of sp³-hybridized carbons (Fsp3) is 0. The van der Waals surface area contributed by atoms with Crippen LogP contribution in [-0.4, -0.2) is 9.97 Å². The molecule has 0 aliphatic heterocycles. The van der Waals surface area contributed by atoms with Gasteiger partial charge in [-0.1, -0.05) is 18.2 Å². The van der Waals surface area contributed by atoms with Crippen molar-refractivity contribution in [3.05, 3.63) is 23.6 Å². The fourth-order valence-electron chi connectivity index (χ4n) is 0.501. The number of nitrogens with two attached hydrogens (primary N) is 1. The average Bonchev–Trinajstić information content (AvgIpc) is 1.95. The van der Waals surface area contributed by atoms with Gasteiger partial charge >= 0.3 is 0 Å². The highest BCUT2D eigenvalue weighted by atomic mass is 35.5. The molecule has 0 aromatic carbocycles. The molecule has 52 valence electrons. The normalized spacial score (nSPS) is 9.30. The summed E-state index contributed by atoms with van der Waals surface area (Å²) in [5.41, 5.74) is 5.97. The topological polar surface area (TPSA) is 51.8 Å². The van der Waals surface area contributed by atoms with Crippen LogP contribution in [0.1, 0.15) is 5.69 Å². The number of hydrogen-bond donors (Lipinski definition) is 1. The smallest absolute Gasteiger partial charge is 0.171 e. The zero-order chi connectivity index (χ0) is 7.56. The highest BCUT2D eigenvalue weighted by Gasteiger charge is 1.96. The maximum Gasteiger partial charge on any atom is 0.171 e. The lowest BCUT2D eigenvalue weighted by atomic mass is 10.4. The summed E-state index contributed by atoms with van der Waals surface area (Å²) in [6, 6.07) is 0. The summed E-state index contributed by atoms with van der Waals surface area (Å²) >= 11 is 5.50. The Morgan fingerprint density at radius 2 is 2.40 bits per heavy atom. The predicted molar refractivity (Wildman–Crippen MR) is 41.5 cm³/mol. The van der Waals surface area contributed by atoms with Gasteiger partial charge in [-0.25, -0.2) is 9.97 Å². The minimum atomic E-state index is 0.227. The minimum Gasteiger partial charge on any atom is -0.381 e. The number of halogens is 1. The molecule has 0 spiro atoms. The molecule has 0 amide bonds. The van der Waals surface area contributed by atoms with E-state index >= 15 is 0 Å². The SMILES string of the molecule is C=Cc1cnc(Cl)c(N)n1. The summed E-state index contributed by atoms with van der Waals surface area (Å²) in [5, 5.41) is 0.227. The maximum absolute atomic E-state index is 5.50. The van der Waals surface area contributed by atoms with Gasteiger partial charge in [0.05, 0.1) is 11.9 Å². The summed E-state index contributed by atoms with van der Waals surface area (Å²) in [6.45, 7) is 3.50. The third kappa shape index (κ3) is 1.25. The molecule has 3 nitrogen and oxygen atoms in total. The van der Waals surface area contributed by atoms with Crippen LogP contribution in [0.25, 0.3) is 6.08 Å². The lowest BCUT2D eigenvalue weighted by Crippen LogP contribution is -1.94. The van der Waals surface area contributed by atoms with Gasteiger partial charge in [0.15, 0.2) is 11.0 Å². The first-order valence-electron chi connectivity index (χ1n) is 2.64. The Hall–Kier alpha value is -1.09. The second-order valence-electron chi connectivity index (χ2n) is 1.68. The predicted octanol–water partition coefficient (Wildman–Crippen LogP) is 1.36. The molecule has 0 bridgehead atoms. The Bertz CT molecular complexity index is 259. The lowest BCUT2D eigenvalue weighted by molar-refractivity contribution is 1.19. The summed E-state index contributed by atoms with van der Waals surface area (Å²) < 4.78 is 0. The van der Waals surface area contributed by atoms with E-state index in [0.717, 1.165) is 0 Å². The van der Waals surface area contributed by atoms with Crippen LogP contribution in [0.4, 0.5) is 5.82 Å². The van der Waals surface area contributed by atoms with Gasteiger partial charge in [0.2, 0.25) is 0 Å². The third-order valence-corrected chi connectivity index (χ3v) is 1.27. The van der Waals surface area contributed by atoms with Crippen LogP contribution in [0.3, 0.4) is 0 Å². The summed E-state index contributed by atoms with van der Waals surface area (Å²) in [4.78, 5) is 7.61. The molecule has 1 rings (SSSR count). The zero-order valence-corrected chi connectivity index (χ0v) is 5.97. The summed E-state index contributed by atoms with van der Waals surface area (Å²) in [7, 11) is 0. The Morgan fingerprint density at radius 3 is 2.90 bits per heavy atom. The second-order valence-corrected chi connectivity index (χ2v) is 2.03. The molecule has 4 heteroatoms. The summed E-state index contributed by atoms with van der Waals surface area (Å²) in [5.74, 6) is 0.235. The molecule has 0 fully saturated rings. The van der Waals surface area contributed by atoms with Crippen LogP contribution in [0.5, 0.6) is 0 Å². The minimum absolute atomic E-state index is 0.227. The van der Waals surface area contributed by atoms with Gasteiger partial charge in [0.1, 0.15) is 0 Å². The number of rotatable bonds is 1. The number of hydrogen-bond acceptors (Lipinski definition) is 3. The van der Waals surface area contributed by atoms with Gasteiger partial charge in [-0.15, -0.1) is 0 Å². The first-order valence-corrected chi connectivity index (χ1v) is 3.02. The molecule has 0 aliphatic rings. The van der Waals surface area contributed by atoms with E-state index in [-0.39, 0.29) is 11.0 Å². The average molecular weight is 156 g/mol. The number of nitrogens with zero attached hydrogens (tertiary/aromatic N) is 2. The van der Waals surface area contributed by atoms with Crippen molar-refractivity contribution in [3.63, 3.8) is 0 Å². The lowest BCUT2D eigenvalue weighted by Gasteiger charge is -1.95. The zero-order valence-electron chi connectivity index (χ0n) is 5.21. The Morgan fingerprint density at radius 1 is 1.70 bits per heavy atom. The second kappa shape index (κ2) is 2.66. The molecule has 0 radical (unpaired) electrons. The van der Waals surface area contributed by atoms with Crippen molar-refractivity contribution in [1.29, 1.82) is 0 Å². The van der Waals surface area contributed by atoms with E-state index in [2.05, 4.69) is 16.5 Å². The van der Waals surface area contributed by atoms with E-state index in [0.29, 0.717) is 5.69 Å². The van der Waals surface area contributed by atoms with Crippen molar-refractivity contribution >= 4 is 23.5 Å². The number of nitrogen functional groups attached to an aromatic ring is 1. The molecule has 0 saturated heterocycles. The van der Waals surface area contributed by atoms with E-state index in [9.17, 15) is 0 Å². The van der Waals surface area contributed by atoms with E-state index in [1.807, 2.05) is 0 Å². The molecule has 10 heavy (non-hydrogen) atoms. The monoisotopic (exact) mass is 155 g/mol. The van der Waals surface area contributed by atoms with Crippen LogP contribution in [-0.2, 0) is 0 Å². The van der Waals surface area contributed by atoms with Crippen molar-refractivity contribution in [2.24, 2.45) is 0 Å². The van der Waals surface area contributed by atoms with Gasteiger partial charge in [-0.3, -0.25) is 0 Å². The number of anilines is 1. The van der Waals surface area contributed by atoms with Gasteiger partial charge in [-0.2, -0.15) is 0 Å². The van der Waals surface area contributed by atoms with E-state index in [4.69, 9.17) is 17.3 Å². The Balaban J connectivity index is 3.16. The summed E-state index contributed by atoms with van der Waals surface area (Å²) in [6.07, 6.45) is 3.06. The first-order chi connectivity index (χ1) is 4.74. The molecule has 1 aromatic heterocycles. The van der Waals surface area contributed by atoms with E-state index in [1.165, 1.54) is 6.20 Å². The Kier molecular flexibility index (Phi) is 1.87. The molecular formula is C6H6ClN3. The molecule has 0 saturated carbocycles. The van der Waals surface area contributed by atoms with Crippen LogP contribution >= 0.6 is 11.6 Å². The number of aromatic nitrogens is 2. The highest BCUT2D eigenvalue weighted by Crippen LogP contribution is 2.11. The van der Waals surface area contributed by atoms with Gasteiger partial charge in [-0.05, 0) is 6.08 Å². The van der Waals surface area contributed by atoms with Gasteiger partial charge in [0.25, 0.3) is 0 Å². The molecule has 2 N–H and O–H groups in total. The van der Waals surface area contributed by atoms with Gasteiger partial charge < -0.3 is 5.73 Å². The fourth-order valence-corrected chi connectivity index (χ4v) is 0.592. The van der Waals surface area contributed by atoms with Crippen molar-refractivity contribution in [2.75, 3.05) is 5.73 Å². The van der Waals surface area contributed by atoms with E-state index in [1.54, 1.807) is 6.08 Å². The standard InChI is InChI=1S/C6H6ClN3/c1-2-4-3-9-5(7)6(8)10-4/h2-3H,1H2,(H2,8,10). The first kappa shape index (κ1) is 7.02. The molecule has 1 heterocycles. The van der Waals surface area contributed by atoms with Crippen molar-refractivity contribution < 1.29 is 0 Å².